The minimum absolute atomic E-state index is 0.0186. The molecule has 1 aliphatic rings. The molecule has 0 radical (unpaired) electrons. The zero-order valence-corrected chi connectivity index (χ0v) is 13.8. The Bertz CT molecular complexity index is 530. The summed E-state index contributed by atoms with van der Waals surface area (Å²) in [5.41, 5.74) is 1.76. The molecular formula is C17H25N3O3. The van der Waals surface area contributed by atoms with E-state index in [2.05, 4.69) is 15.5 Å². The van der Waals surface area contributed by atoms with Gasteiger partial charge in [0.1, 0.15) is 0 Å². The predicted molar refractivity (Wildman–Crippen MR) is 89.1 cm³/mol. The van der Waals surface area contributed by atoms with E-state index in [1.54, 1.807) is 0 Å². The number of nitrogens with zero attached hydrogens (tertiary/aromatic N) is 1. The Labute approximate surface area is 137 Å². The van der Waals surface area contributed by atoms with Crippen molar-refractivity contribution in [1.29, 1.82) is 0 Å². The second-order valence-corrected chi connectivity index (χ2v) is 5.92. The highest BCUT2D eigenvalue weighted by atomic mass is 16.5. The van der Waals surface area contributed by atoms with E-state index in [1.165, 1.54) is 6.92 Å². The lowest BCUT2D eigenvalue weighted by molar-refractivity contribution is -0.122. The molecule has 0 spiro atoms. The van der Waals surface area contributed by atoms with Gasteiger partial charge in [-0.05, 0) is 31.0 Å². The van der Waals surface area contributed by atoms with Gasteiger partial charge in [-0.1, -0.05) is 12.1 Å². The van der Waals surface area contributed by atoms with Crippen LogP contribution in [0.25, 0.3) is 0 Å². The van der Waals surface area contributed by atoms with Gasteiger partial charge in [-0.25, -0.2) is 0 Å². The van der Waals surface area contributed by atoms with Crippen LogP contribution in [0.15, 0.2) is 24.3 Å². The maximum Gasteiger partial charge on any atom is 0.234 e. The first-order valence-corrected chi connectivity index (χ1v) is 8.00. The fourth-order valence-corrected chi connectivity index (χ4v) is 2.59. The third-order valence-corrected chi connectivity index (χ3v) is 3.67. The topological polar surface area (TPSA) is 70.7 Å². The molecular weight excluding hydrogens is 294 g/mol. The van der Waals surface area contributed by atoms with Crippen molar-refractivity contribution in [3.8, 4) is 0 Å². The minimum atomic E-state index is -0.0956. The number of nitrogens with one attached hydrogen (secondary N) is 2. The lowest BCUT2D eigenvalue weighted by atomic mass is 10.2. The molecule has 2 amide bonds. The van der Waals surface area contributed by atoms with Crippen molar-refractivity contribution in [3.63, 3.8) is 0 Å². The maximum absolute atomic E-state index is 12.1. The SMILES string of the molecule is CC(=O)Nc1ccc(CNC(=O)CN2CCCO[C@@H](C)C2)cc1. The van der Waals surface area contributed by atoms with Crippen LogP contribution >= 0.6 is 0 Å². The molecule has 1 atom stereocenters. The summed E-state index contributed by atoms with van der Waals surface area (Å²) in [4.78, 5) is 25.2. The minimum Gasteiger partial charge on any atom is -0.377 e. The summed E-state index contributed by atoms with van der Waals surface area (Å²) in [6, 6.07) is 7.45. The zero-order chi connectivity index (χ0) is 16.7. The Hall–Kier alpha value is -1.92. The fraction of sp³-hybridized carbons (Fsp3) is 0.529. The zero-order valence-electron chi connectivity index (χ0n) is 13.8. The lowest BCUT2D eigenvalue weighted by Gasteiger charge is -2.21. The molecule has 0 aromatic heterocycles. The fourth-order valence-electron chi connectivity index (χ4n) is 2.59. The van der Waals surface area contributed by atoms with Crippen LogP contribution < -0.4 is 10.6 Å². The molecule has 1 aromatic rings. The van der Waals surface area contributed by atoms with Crippen molar-refractivity contribution in [2.45, 2.75) is 32.9 Å². The third kappa shape index (κ3) is 6.38. The summed E-state index contributed by atoms with van der Waals surface area (Å²) in [6.45, 7) is 6.84. The number of benzene rings is 1. The van der Waals surface area contributed by atoms with Gasteiger partial charge in [0.2, 0.25) is 11.8 Å². The summed E-state index contributed by atoms with van der Waals surface area (Å²) < 4.78 is 5.58. The number of ether oxygens (including phenoxy) is 1. The highest BCUT2D eigenvalue weighted by Crippen LogP contribution is 2.09. The van der Waals surface area contributed by atoms with Crippen LogP contribution in [0.5, 0.6) is 0 Å². The summed E-state index contributed by atoms with van der Waals surface area (Å²) in [5.74, 6) is -0.0771. The van der Waals surface area contributed by atoms with E-state index in [1.807, 2.05) is 31.2 Å². The molecule has 0 saturated carbocycles. The normalized spacial score (nSPS) is 19.0. The van der Waals surface area contributed by atoms with Crippen molar-refractivity contribution in [2.75, 3.05) is 31.6 Å². The van der Waals surface area contributed by atoms with Crippen molar-refractivity contribution in [1.82, 2.24) is 10.2 Å². The van der Waals surface area contributed by atoms with Crippen LogP contribution in [-0.4, -0.2) is 49.1 Å². The number of amides is 2. The van der Waals surface area contributed by atoms with Gasteiger partial charge in [0, 0.05) is 38.9 Å². The van der Waals surface area contributed by atoms with Crippen LogP contribution in [0.3, 0.4) is 0 Å². The molecule has 6 nitrogen and oxygen atoms in total. The molecule has 1 fully saturated rings. The molecule has 23 heavy (non-hydrogen) atoms. The van der Waals surface area contributed by atoms with E-state index in [9.17, 15) is 9.59 Å². The third-order valence-electron chi connectivity index (χ3n) is 3.67. The molecule has 1 saturated heterocycles. The number of hydrogen-bond donors (Lipinski definition) is 2. The Morgan fingerprint density at radius 3 is 2.74 bits per heavy atom. The van der Waals surface area contributed by atoms with Crippen molar-refractivity contribution >= 4 is 17.5 Å². The highest BCUT2D eigenvalue weighted by Gasteiger charge is 2.17. The number of hydrogen-bond acceptors (Lipinski definition) is 4. The van der Waals surface area contributed by atoms with Crippen molar-refractivity contribution in [3.05, 3.63) is 29.8 Å². The van der Waals surface area contributed by atoms with Gasteiger partial charge in [-0.15, -0.1) is 0 Å². The number of carbonyl (C=O) groups is 2. The van der Waals surface area contributed by atoms with Gasteiger partial charge in [0.15, 0.2) is 0 Å². The maximum atomic E-state index is 12.1. The first kappa shape index (κ1) is 17.4. The molecule has 126 valence electrons. The second-order valence-electron chi connectivity index (χ2n) is 5.92. The highest BCUT2D eigenvalue weighted by molar-refractivity contribution is 5.88. The largest absolute Gasteiger partial charge is 0.377 e. The smallest absolute Gasteiger partial charge is 0.234 e. The predicted octanol–water partition coefficient (Wildman–Crippen LogP) is 1.37. The van der Waals surface area contributed by atoms with E-state index < -0.39 is 0 Å². The van der Waals surface area contributed by atoms with Gasteiger partial charge in [0.05, 0.1) is 12.6 Å². The van der Waals surface area contributed by atoms with Gasteiger partial charge < -0.3 is 15.4 Å². The van der Waals surface area contributed by atoms with E-state index in [0.717, 1.165) is 37.4 Å². The lowest BCUT2D eigenvalue weighted by Crippen LogP contribution is -2.39. The molecule has 1 aromatic carbocycles. The monoisotopic (exact) mass is 319 g/mol. The van der Waals surface area contributed by atoms with Crippen LogP contribution in [0.2, 0.25) is 0 Å². The Kier molecular flexibility index (Phi) is 6.55. The van der Waals surface area contributed by atoms with Gasteiger partial charge in [-0.3, -0.25) is 14.5 Å². The summed E-state index contributed by atoms with van der Waals surface area (Å²) in [6.07, 6.45) is 1.13. The summed E-state index contributed by atoms with van der Waals surface area (Å²) in [5, 5.41) is 5.65. The number of rotatable bonds is 5. The molecule has 1 aliphatic heterocycles. The molecule has 0 aliphatic carbocycles. The Morgan fingerprint density at radius 1 is 1.30 bits per heavy atom. The van der Waals surface area contributed by atoms with Gasteiger partial charge >= 0.3 is 0 Å². The molecule has 0 bridgehead atoms. The standard InChI is InChI=1S/C17H25N3O3/c1-13-11-20(8-3-9-23-13)12-17(22)18-10-15-4-6-16(7-5-15)19-14(2)21/h4-7,13H,3,8-12H2,1-2H3,(H,18,22)(H,19,21)/t13-/m0/s1. The van der Waals surface area contributed by atoms with Gasteiger partial charge in [0.25, 0.3) is 0 Å². The van der Waals surface area contributed by atoms with Crippen molar-refractivity contribution < 1.29 is 14.3 Å². The van der Waals surface area contributed by atoms with Crippen LogP contribution in [-0.2, 0) is 20.9 Å². The van der Waals surface area contributed by atoms with Crippen molar-refractivity contribution in [2.24, 2.45) is 0 Å². The molecule has 2 N–H and O–H groups in total. The Morgan fingerprint density at radius 2 is 2.04 bits per heavy atom. The second kappa shape index (κ2) is 8.64. The average molecular weight is 319 g/mol. The first-order chi connectivity index (χ1) is 11.0. The molecule has 2 rings (SSSR count). The van der Waals surface area contributed by atoms with Crippen LogP contribution in [0, 0.1) is 0 Å². The van der Waals surface area contributed by atoms with E-state index in [-0.39, 0.29) is 17.9 Å². The quantitative estimate of drug-likeness (QED) is 0.860. The van der Waals surface area contributed by atoms with Crippen LogP contribution in [0.4, 0.5) is 5.69 Å². The van der Waals surface area contributed by atoms with Gasteiger partial charge in [-0.2, -0.15) is 0 Å². The number of anilines is 1. The summed E-state index contributed by atoms with van der Waals surface area (Å²) >= 11 is 0. The molecule has 1 heterocycles. The van der Waals surface area contributed by atoms with E-state index in [0.29, 0.717) is 13.1 Å². The Balaban J connectivity index is 1.76. The van der Waals surface area contributed by atoms with Crippen LogP contribution in [0.1, 0.15) is 25.8 Å². The molecule has 6 heteroatoms. The number of carbonyl (C=O) groups excluding carboxylic acids is 2. The van der Waals surface area contributed by atoms with E-state index >= 15 is 0 Å². The first-order valence-electron chi connectivity index (χ1n) is 8.00. The molecule has 0 unspecified atom stereocenters. The average Bonchev–Trinajstić information content (AvgIpc) is 2.70. The van der Waals surface area contributed by atoms with E-state index in [4.69, 9.17) is 4.74 Å². The summed E-state index contributed by atoms with van der Waals surface area (Å²) in [7, 11) is 0.